The normalized spacial score (nSPS) is 18.8. The minimum Gasteiger partial charge on any atom is -0.396 e. The number of benzene rings is 1. The molecule has 1 aliphatic rings. The Balaban J connectivity index is 2.22. The van der Waals surface area contributed by atoms with E-state index in [1.165, 1.54) is 6.07 Å². The van der Waals surface area contributed by atoms with E-state index in [2.05, 4.69) is 26.1 Å². The van der Waals surface area contributed by atoms with Gasteiger partial charge in [0.2, 0.25) is 0 Å². The van der Waals surface area contributed by atoms with Crippen LogP contribution in [-0.4, -0.2) is 42.8 Å². The van der Waals surface area contributed by atoms with Crippen LogP contribution in [0.15, 0.2) is 22.7 Å². The van der Waals surface area contributed by atoms with E-state index in [9.17, 15) is 9.50 Å². The van der Waals surface area contributed by atoms with Crippen molar-refractivity contribution in [3.05, 3.63) is 34.1 Å². The highest BCUT2D eigenvalue weighted by Gasteiger charge is 2.24. The number of hydrogen-bond donors (Lipinski definition) is 2. The second kappa shape index (κ2) is 6.61. The Hall–Kier alpha value is -0.490. The third-order valence-corrected chi connectivity index (χ3v) is 3.81. The van der Waals surface area contributed by atoms with Gasteiger partial charge in [0.1, 0.15) is 5.82 Å². The molecule has 0 radical (unpaired) electrons. The summed E-state index contributed by atoms with van der Waals surface area (Å²) in [5.74, 6) is -0.207. The van der Waals surface area contributed by atoms with Crippen molar-refractivity contribution >= 4 is 15.9 Å². The van der Waals surface area contributed by atoms with Gasteiger partial charge in [0.05, 0.1) is 0 Å². The van der Waals surface area contributed by atoms with Crippen LogP contribution in [-0.2, 0) is 0 Å². The molecule has 0 unspecified atom stereocenters. The largest absolute Gasteiger partial charge is 0.396 e. The lowest BCUT2D eigenvalue weighted by Gasteiger charge is -2.35. The topological polar surface area (TPSA) is 35.5 Å². The van der Waals surface area contributed by atoms with E-state index in [0.717, 1.165) is 30.7 Å². The third-order valence-electron chi connectivity index (χ3n) is 3.32. The SMILES string of the molecule is OCC[C@H](c1ccc(Br)cc1F)N1CCNCC1. The Kier molecular flexibility index (Phi) is 5.12. The highest BCUT2D eigenvalue weighted by molar-refractivity contribution is 9.10. The number of piperazine rings is 1. The molecule has 0 aromatic heterocycles. The fourth-order valence-electron chi connectivity index (χ4n) is 2.42. The Morgan fingerprint density at radius 2 is 2.11 bits per heavy atom. The molecule has 0 bridgehead atoms. The Morgan fingerprint density at radius 3 is 2.72 bits per heavy atom. The van der Waals surface area contributed by atoms with Gasteiger partial charge in [-0.15, -0.1) is 0 Å². The van der Waals surface area contributed by atoms with Crippen molar-refractivity contribution in [1.29, 1.82) is 0 Å². The van der Waals surface area contributed by atoms with Crippen LogP contribution in [0.25, 0.3) is 0 Å². The third kappa shape index (κ3) is 3.29. The summed E-state index contributed by atoms with van der Waals surface area (Å²) >= 11 is 3.27. The van der Waals surface area contributed by atoms with Crippen molar-refractivity contribution in [1.82, 2.24) is 10.2 Å². The van der Waals surface area contributed by atoms with Crippen LogP contribution in [0.1, 0.15) is 18.0 Å². The van der Waals surface area contributed by atoms with Crippen molar-refractivity contribution in [2.75, 3.05) is 32.8 Å². The monoisotopic (exact) mass is 316 g/mol. The van der Waals surface area contributed by atoms with E-state index in [0.29, 0.717) is 12.0 Å². The fourth-order valence-corrected chi connectivity index (χ4v) is 2.76. The summed E-state index contributed by atoms with van der Waals surface area (Å²) in [5.41, 5.74) is 0.675. The van der Waals surface area contributed by atoms with Crippen molar-refractivity contribution < 1.29 is 9.50 Å². The van der Waals surface area contributed by atoms with Gasteiger partial charge in [-0.25, -0.2) is 4.39 Å². The molecular weight excluding hydrogens is 299 g/mol. The van der Waals surface area contributed by atoms with Crippen LogP contribution in [0.5, 0.6) is 0 Å². The first-order valence-electron chi connectivity index (χ1n) is 6.23. The fraction of sp³-hybridized carbons (Fsp3) is 0.538. The minimum atomic E-state index is -0.207. The zero-order valence-electron chi connectivity index (χ0n) is 10.2. The highest BCUT2D eigenvalue weighted by atomic mass is 79.9. The van der Waals surface area contributed by atoms with Gasteiger partial charge >= 0.3 is 0 Å². The van der Waals surface area contributed by atoms with E-state index in [4.69, 9.17) is 0 Å². The molecule has 18 heavy (non-hydrogen) atoms. The molecule has 1 aromatic rings. The first kappa shape index (κ1) is 13.9. The zero-order valence-corrected chi connectivity index (χ0v) is 11.8. The lowest BCUT2D eigenvalue weighted by Crippen LogP contribution is -2.45. The predicted molar refractivity (Wildman–Crippen MR) is 73.0 cm³/mol. The van der Waals surface area contributed by atoms with Crippen molar-refractivity contribution in [2.45, 2.75) is 12.5 Å². The van der Waals surface area contributed by atoms with Crippen LogP contribution in [0.4, 0.5) is 4.39 Å². The summed E-state index contributed by atoms with van der Waals surface area (Å²) in [5, 5.41) is 12.5. The van der Waals surface area contributed by atoms with Gasteiger partial charge in [-0.2, -0.15) is 0 Å². The van der Waals surface area contributed by atoms with Crippen molar-refractivity contribution in [3.8, 4) is 0 Å². The van der Waals surface area contributed by atoms with E-state index in [1.807, 2.05) is 12.1 Å². The predicted octanol–water partition coefficient (Wildman–Crippen LogP) is 1.92. The maximum atomic E-state index is 14.0. The molecule has 0 aliphatic carbocycles. The molecule has 2 N–H and O–H groups in total. The number of rotatable bonds is 4. The summed E-state index contributed by atoms with van der Waals surface area (Å²) in [7, 11) is 0. The van der Waals surface area contributed by atoms with E-state index in [-0.39, 0.29) is 18.5 Å². The summed E-state index contributed by atoms with van der Waals surface area (Å²) in [6, 6.07) is 5.11. The van der Waals surface area contributed by atoms with Gasteiger partial charge in [0.15, 0.2) is 0 Å². The first-order valence-corrected chi connectivity index (χ1v) is 7.02. The van der Waals surface area contributed by atoms with Gasteiger partial charge in [0.25, 0.3) is 0 Å². The molecule has 1 fully saturated rings. The minimum absolute atomic E-state index is 0.0369. The van der Waals surface area contributed by atoms with Crippen LogP contribution < -0.4 is 5.32 Å². The molecular formula is C13H18BrFN2O. The number of aliphatic hydroxyl groups excluding tert-OH is 1. The number of nitrogens with one attached hydrogen (secondary N) is 1. The van der Waals surface area contributed by atoms with Crippen LogP contribution in [0.2, 0.25) is 0 Å². The smallest absolute Gasteiger partial charge is 0.129 e. The van der Waals surface area contributed by atoms with E-state index >= 15 is 0 Å². The molecule has 0 spiro atoms. The van der Waals surface area contributed by atoms with Crippen molar-refractivity contribution in [3.63, 3.8) is 0 Å². The van der Waals surface area contributed by atoms with Gasteiger partial charge in [0, 0.05) is 48.9 Å². The average molecular weight is 317 g/mol. The number of aliphatic hydroxyl groups is 1. The molecule has 1 aliphatic heterocycles. The summed E-state index contributed by atoms with van der Waals surface area (Å²) in [6.07, 6.45) is 0.568. The number of nitrogens with zero attached hydrogens (tertiary/aromatic N) is 1. The van der Waals surface area contributed by atoms with Crippen LogP contribution in [0, 0.1) is 5.82 Å². The second-order valence-electron chi connectivity index (χ2n) is 4.48. The number of halogens is 2. The molecule has 0 saturated carbocycles. The first-order chi connectivity index (χ1) is 8.72. The van der Waals surface area contributed by atoms with E-state index in [1.54, 1.807) is 0 Å². The molecule has 3 nitrogen and oxygen atoms in total. The summed E-state index contributed by atoms with van der Waals surface area (Å²) in [6.45, 7) is 3.69. The van der Waals surface area contributed by atoms with Crippen LogP contribution in [0.3, 0.4) is 0 Å². The summed E-state index contributed by atoms with van der Waals surface area (Å²) in [4.78, 5) is 2.24. The quantitative estimate of drug-likeness (QED) is 0.891. The Morgan fingerprint density at radius 1 is 1.39 bits per heavy atom. The van der Waals surface area contributed by atoms with Crippen molar-refractivity contribution in [2.24, 2.45) is 0 Å². The standard InChI is InChI=1S/C13H18BrFN2O/c14-10-1-2-11(12(15)9-10)13(3-8-18)17-6-4-16-5-7-17/h1-2,9,13,16,18H,3-8H2/t13-/m1/s1. The second-order valence-corrected chi connectivity index (χ2v) is 5.40. The summed E-state index contributed by atoms with van der Waals surface area (Å²) < 4.78 is 14.8. The molecule has 1 saturated heterocycles. The Labute approximate surface area is 115 Å². The lowest BCUT2D eigenvalue weighted by molar-refractivity contribution is 0.138. The number of hydrogen-bond acceptors (Lipinski definition) is 3. The maximum absolute atomic E-state index is 14.0. The molecule has 0 amide bonds. The average Bonchev–Trinajstić information content (AvgIpc) is 2.38. The Bertz CT molecular complexity index is 397. The molecule has 5 heteroatoms. The maximum Gasteiger partial charge on any atom is 0.129 e. The molecule has 2 rings (SSSR count). The zero-order chi connectivity index (χ0) is 13.0. The van der Waals surface area contributed by atoms with E-state index < -0.39 is 0 Å². The van der Waals surface area contributed by atoms with Crippen LogP contribution >= 0.6 is 15.9 Å². The molecule has 1 aromatic carbocycles. The molecule has 1 heterocycles. The van der Waals surface area contributed by atoms with Gasteiger partial charge in [-0.3, -0.25) is 4.90 Å². The lowest BCUT2D eigenvalue weighted by atomic mass is 10.0. The van der Waals surface area contributed by atoms with Gasteiger partial charge in [-0.05, 0) is 18.6 Å². The molecule has 1 atom stereocenters. The van der Waals surface area contributed by atoms with Gasteiger partial charge < -0.3 is 10.4 Å². The molecule has 100 valence electrons. The van der Waals surface area contributed by atoms with Gasteiger partial charge in [-0.1, -0.05) is 22.0 Å². The highest BCUT2D eigenvalue weighted by Crippen LogP contribution is 2.28.